The van der Waals surface area contributed by atoms with Crippen molar-refractivity contribution in [2.24, 2.45) is 0 Å². The summed E-state index contributed by atoms with van der Waals surface area (Å²) in [4.78, 5) is 0. The Morgan fingerprint density at radius 2 is 1.95 bits per heavy atom. The lowest BCUT2D eigenvalue weighted by molar-refractivity contribution is -0.137. The van der Waals surface area contributed by atoms with Gasteiger partial charge in [0.25, 0.3) is 0 Å². The molecule has 114 valence electrons. The van der Waals surface area contributed by atoms with Gasteiger partial charge in [0.05, 0.1) is 29.7 Å². The van der Waals surface area contributed by atoms with E-state index in [1.807, 2.05) is 0 Å². The van der Waals surface area contributed by atoms with Gasteiger partial charge in [-0.1, -0.05) is 5.21 Å². The van der Waals surface area contributed by atoms with E-state index in [0.717, 1.165) is 12.1 Å². The number of nitrogens with zero attached hydrogens (tertiary/aromatic N) is 3. The Labute approximate surface area is 119 Å². The van der Waals surface area contributed by atoms with E-state index in [1.165, 1.54) is 16.8 Å². The Bertz CT molecular complexity index is 566. The number of methoxy groups -OCH3 is 1. The second-order valence-electron chi connectivity index (χ2n) is 4.37. The third-order valence-corrected chi connectivity index (χ3v) is 2.79. The van der Waals surface area contributed by atoms with Crippen molar-refractivity contribution in [3.8, 4) is 5.69 Å². The van der Waals surface area contributed by atoms with Gasteiger partial charge in [0.2, 0.25) is 0 Å². The Morgan fingerprint density at radius 1 is 1.24 bits per heavy atom. The first kappa shape index (κ1) is 15.5. The minimum absolute atomic E-state index is 0.518. The topological polar surface area (TPSA) is 52.0 Å². The number of alkyl halides is 3. The smallest absolute Gasteiger partial charge is 0.383 e. The highest BCUT2D eigenvalue weighted by molar-refractivity contribution is 5.34. The molecule has 1 heterocycles. The molecule has 0 radical (unpaired) electrons. The summed E-state index contributed by atoms with van der Waals surface area (Å²) in [5.41, 5.74) is 0.539. The van der Waals surface area contributed by atoms with Crippen molar-refractivity contribution in [2.75, 3.05) is 20.3 Å². The maximum atomic E-state index is 12.5. The first-order chi connectivity index (χ1) is 10.0. The highest BCUT2D eigenvalue weighted by Gasteiger charge is 2.30. The predicted molar refractivity (Wildman–Crippen MR) is 69.9 cm³/mol. The molecule has 2 rings (SSSR count). The van der Waals surface area contributed by atoms with Crippen molar-refractivity contribution in [1.82, 2.24) is 20.3 Å². The molecule has 0 saturated carbocycles. The number of rotatable bonds is 6. The van der Waals surface area contributed by atoms with E-state index in [4.69, 9.17) is 4.74 Å². The van der Waals surface area contributed by atoms with Crippen molar-refractivity contribution in [3.05, 3.63) is 41.7 Å². The summed E-state index contributed by atoms with van der Waals surface area (Å²) >= 11 is 0. The zero-order valence-electron chi connectivity index (χ0n) is 11.4. The Balaban J connectivity index is 2.00. The van der Waals surface area contributed by atoms with Crippen LogP contribution in [0.2, 0.25) is 0 Å². The Hall–Kier alpha value is -1.93. The van der Waals surface area contributed by atoms with Gasteiger partial charge in [-0.2, -0.15) is 13.2 Å². The first-order valence-corrected chi connectivity index (χ1v) is 6.29. The first-order valence-electron chi connectivity index (χ1n) is 6.29. The summed E-state index contributed by atoms with van der Waals surface area (Å²) in [5, 5.41) is 10.9. The molecular weight excluding hydrogens is 285 g/mol. The monoisotopic (exact) mass is 300 g/mol. The fraction of sp³-hybridized carbons (Fsp3) is 0.385. The molecule has 1 aromatic carbocycles. The SMILES string of the molecule is COCCNCc1cn(-c2ccc(C(F)(F)F)cc2)nn1. The molecule has 0 unspecified atom stereocenters. The van der Waals surface area contributed by atoms with E-state index in [0.29, 0.717) is 31.1 Å². The van der Waals surface area contributed by atoms with Crippen LogP contribution in [0, 0.1) is 0 Å². The van der Waals surface area contributed by atoms with E-state index >= 15 is 0 Å². The quantitative estimate of drug-likeness (QED) is 0.829. The van der Waals surface area contributed by atoms with Crippen LogP contribution in [0.25, 0.3) is 5.69 Å². The number of nitrogens with one attached hydrogen (secondary N) is 1. The molecule has 0 bridgehead atoms. The molecule has 21 heavy (non-hydrogen) atoms. The molecule has 1 aromatic heterocycles. The lowest BCUT2D eigenvalue weighted by Gasteiger charge is -2.07. The van der Waals surface area contributed by atoms with Crippen LogP contribution < -0.4 is 5.32 Å². The largest absolute Gasteiger partial charge is 0.416 e. The molecule has 0 amide bonds. The lowest BCUT2D eigenvalue weighted by Crippen LogP contribution is -2.18. The van der Waals surface area contributed by atoms with Crippen LogP contribution in [-0.4, -0.2) is 35.3 Å². The molecule has 0 aliphatic heterocycles. The molecule has 0 aliphatic rings. The third kappa shape index (κ3) is 4.27. The van der Waals surface area contributed by atoms with E-state index in [2.05, 4.69) is 15.6 Å². The highest BCUT2D eigenvalue weighted by atomic mass is 19.4. The van der Waals surface area contributed by atoms with Crippen LogP contribution in [0.1, 0.15) is 11.3 Å². The summed E-state index contributed by atoms with van der Waals surface area (Å²) in [5.74, 6) is 0. The van der Waals surface area contributed by atoms with Crippen molar-refractivity contribution in [3.63, 3.8) is 0 Å². The van der Waals surface area contributed by atoms with E-state index in [-0.39, 0.29) is 0 Å². The number of hydrogen-bond donors (Lipinski definition) is 1. The average molecular weight is 300 g/mol. The number of ether oxygens (including phenoxy) is 1. The summed E-state index contributed by atoms with van der Waals surface area (Å²) in [6, 6.07) is 4.76. The molecule has 0 aliphatic carbocycles. The zero-order valence-corrected chi connectivity index (χ0v) is 11.4. The van der Waals surface area contributed by atoms with Gasteiger partial charge in [-0.05, 0) is 24.3 Å². The van der Waals surface area contributed by atoms with Gasteiger partial charge >= 0.3 is 6.18 Å². The number of hydrogen-bond acceptors (Lipinski definition) is 4. The molecule has 8 heteroatoms. The van der Waals surface area contributed by atoms with E-state index in [9.17, 15) is 13.2 Å². The van der Waals surface area contributed by atoms with E-state index < -0.39 is 11.7 Å². The lowest BCUT2D eigenvalue weighted by atomic mass is 10.2. The fourth-order valence-electron chi connectivity index (χ4n) is 1.70. The fourth-order valence-corrected chi connectivity index (χ4v) is 1.70. The summed E-state index contributed by atoms with van der Waals surface area (Å²) < 4.78 is 43.8. The van der Waals surface area contributed by atoms with Crippen LogP contribution in [0.5, 0.6) is 0 Å². The zero-order chi connectivity index (χ0) is 15.3. The van der Waals surface area contributed by atoms with Gasteiger partial charge in [-0.15, -0.1) is 5.10 Å². The van der Waals surface area contributed by atoms with Crippen LogP contribution in [0.15, 0.2) is 30.5 Å². The third-order valence-electron chi connectivity index (χ3n) is 2.79. The molecule has 0 fully saturated rings. The molecule has 0 spiro atoms. The maximum absolute atomic E-state index is 12.5. The molecule has 0 atom stereocenters. The molecule has 2 aromatic rings. The van der Waals surface area contributed by atoms with Gasteiger partial charge in [-0.25, -0.2) is 4.68 Å². The minimum Gasteiger partial charge on any atom is -0.383 e. The Morgan fingerprint density at radius 3 is 2.57 bits per heavy atom. The van der Waals surface area contributed by atoms with Crippen LogP contribution in [0.4, 0.5) is 13.2 Å². The van der Waals surface area contributed by atoms with Crippen LogP contribution in [0.3, 0.4) is 0 Å². The van der Waals surface area contributed by atoms with Crippen molar-refractivity contribution < 1.29 is 17.9 Å². The van der Waals surface area contributed by atoms with E-state index in [1.54, 1.807) is 13.3 Å². The highest BCUT2D eigenvalue weighted by Crippen LogP contribution is 2.29. The van der Waals surface area contributed by atoms with Crippen molar-refractivity contribution >= 4 is 0 Å². The average Bonchev–Trinajstić information content (AvgIpc) is 2.92. The summed E-state index contributed by atoms with van der Waals surface area (Å²) in [7, 11) is 1.61. The van der Waals surface area contributed by atoms with Crippen LogP contribution >= 0.6 is 0 Å². The minimum atomic E-state index is -4.34. The molecular formula is C13H15F3N4O. The predicted octanol–water partition coefficient (Wildman–Crippen LogP) is 2.02. The van der Waals surface area contributed by atoms with Crippen molar-refractivity contribution in [1.29, 1.82) is 0 Å². The standard InChI is InChI=1S/C13H15F3N4O/c1-21-7-6-17-8-11-9-20(19-18-11)12-4-2-10(3-5-12)13(14,15)16/h2-5,9,17H,6-8H2,1H3. The van der Waals surface area contributed by atoms with Crippen LogP contribution in [-0.2, 0) is 17.5 Å². The second-order valence-corrected chi connectivity index (χ2v) is 4.37. The normalized spacial score (nSPS) is 11.8. The van der Waals surface area contributed by atoms with Gasteiger partial charge < -0.3 is 10.1 Å². The maximum Gasteiger partial charge on any atom is 0.416 e. The van der Waals surface area contributed by atoms with Crippen molar-refractivity contribution in [2.45, 2.75) is 12.7 Å². The number of halogens is 3. The molecule has 1 N–H and O–H groups in total. The van der Waals surface area contributed by atoms with Gasteiger partial charge in [0.15, 0.2) is 0 Å². The summed E-state index contributed by atoms with van der Waals surface area (Å²) in [6.07, 6.45) is -2.67. The van der Waals surface area contributed by atoms with Gasteiger partial charge in [0, 0.05) is 20.2 Å². The number of benzene rings is 1. The number of aromatic nitrogens is 3. The summed E-state index contributed by atoms with van der Waals surface area (Å²) in [6.45, 7) is 1.79. The van der Waals surface area contributed by atoms with Gasteiger partial charge in [-0.3, -0.25) is 0 Å². The molecule has 5 nitrogen and oxygen atoms in total. The Kier molecular flexibility index (Phi) is 4.92. The molecule has 0 saturated heterocycles. The second kappa shape index (κ2) is 6.68. The van der Waals surface area contributed by atoms with Gasteiger partial charge in [0.1, 0.15) is 0 Å².